The van der Waals surface area contributed by atoms with Gasteiger partial charge in [-0.1, -0.05) is 55.6 Å². The Kier molecular flexibility index (Phi) is 19.9. The van der Waals surface area contributed by atoms with Gasteiger partial charge in [0.05, 0.1) is 53.7 Å². The zero-order valence-corrected chi connectivity index (χ0v) is 31.3. The lowest BCUT2D eigenvalue weighted by atomic mass is 10.0. The highest BCUT2D eigenvalue weighted by atomic mass is 32.2. The molecule has 14 heteroatoms. The van der Waals surface area contributed by atoms with Crippen LogP contribution in [0.25, 0.3) is 0 Å². The summed E-state index contributed by atoms with van der Waals surface area (Å²) in [6.45, 7) is 10.3. The van der Waals surface area contributed by atoms with Gasteiger partial charge in [-0.2, -0.15) is 10.5 Å². The fourth-order valence-corrected chi connectivity index (χ4v) is 7.63. The second-order valence-electron chi connectivity index (χ2n) is 11.1. The molecule has 0 saturated heterocycles. The van der Waals surface area contributed by atoms with Crippen LogP contribution in [0, 0.1) is 41.4 Å². The number of hydrogen-bond acceptors (Lipinski definition) is 14. The first-order valence-corrected chi connectivity index (χ1v) is 18.8. The Balaban J connectivity index is 1.99. The van der Waals surface area contributed by atoms with Crippen LogP contribution in [0.4, 0.5) is 0 Å². The van der Waals surface area contributed by atoms with Crippen molar-refractivity contribution in [2.75, 3.05) is 39.6 Å². The maximum absolute atomic E-state index is 12.2. The van der Waals surface area contributed by atoms with Crippen molar-refractivity contribution in [1.29, 1.82) is 10.5 Å². The van der Waals surface area contributed by atoms with Crippen LogP contribution in [0.1, 0.15) is 91.0 Å². The molecule has 0 N–H and O–H groups in total. The Morgan fingerprint density at radius 2 is 1.06 bits per heavy atom. The molecule has 0 aliphatic carbocycles. The largest absolute Gasteiger partial charge is 0.492 e. The Labute approximate surface area is 303 Å². The van der Waals surface area contributed by atoms with Crippen LogP contribution in [-0.4, -0.2) is 63.5 Å². The van der Waals surface area contributed by atoms with E-state index in [4.69, 9.17) is 28.4 Å². The van der Waals surface area contributed by atoms with E-state index in [0.717, 1.165) is 34.6 Å². The van der Waals surface area contributed by atoms with Crippen LogP contribution in [0.5, 0.6) is 11.5 Å². The minimum Gasteiger partial charge on any atom is -0.492 e. The number of carbonyl (C=O) groups is 4. The van der Waals surface area contributed by atoms with Gasteiger partial charge in [-0.25, -0.2) is 0 Å². The minimum absolute atomic E-state index is 0.0208. The molecule has 0 fully saturated rings. The van der Waals surface area contributed by atoms with Gasteiger partial charge in [0.15, 0.2) is 11.8 Å². The highest BCUT2D eigenvalue weighted by molar-refractivity contribution is 8.24. The molecule has 1 aliphatic rings. The third-order valence-corrected chi connectivity index (χ3v) is 10.1. The van der Waals surface area contributed by atoms with Crippen LogP contribution < -0.4 is 9.47 Å². The first kappa shape index (κ1) is 42.3. The van der Waals surface area contributed by atoms with E-state index in [1.807, 2.05) is 25.1 Å². The van der Waals surface area contributed by atoms with Gasteiger partial charge in [0.25, 0.3) is 0 Å². The molecule has 1 aromatic rings. The van der Waals surface area contributed by atoms with Crippen molar-refractivity contribution in [2.45, 2.75) is 102 Å². The topological polar surface area (TPSA) is 171 Å². The number of fused-ring (bicyclic) bond motifs is 1. The summed E-state index contributed by atoms with van der Waals surface area (Å²) < 4.78 is 33.2. The number of esters is 4. The summed E-state index contributed by atoms with van der Waals surface area (Å²) in [4.78, 5) is 50.5. The number of thioether (sulfide) groups is 2. The SMILES string of the molecule is CCOC(=O)C(CCCCCCOc1cc(C)c(OCCCCCC(C(=O)OCC)C(=O)OCC)c2c1SC(=C(C#N)C#N)S2)C(=O)OCC. The van der Waals surface area contributed by atoms with E-state index < -0.39 is 35.7 Å². The second-order valence-corrected chi connectivity index (χ2v) is 13.4. The zero-order valence-electron chi connectivity index (χ0n) is 29.6. The number of nitriles is 2. The molecular weight excluding hydrogens is 685 g/mol. The number of unbranched alkanes of at least 4 members (excludes halogenated alkanes) is 5. The summed E-state index contributed by atoms with van der Waals surface area (Å²) in [6, 6.07) is 5.83. The lowest BCUT2D eigenvalue weighted by molar-refractivity contribution is -0.163. The van der Waals surface area contributed by atoms with Crippen LogP contribution in [0.15, 0.2) is 25.7 Å². The molecule has 0 radical (unpaired) electrons. The summed E-state index contributed by atoms with van der Waals surface area (Å²) in [5, 5.41) is 19.0. The molecule has 1 heterocycles. The lowest BCUT2D eigenvalue weighted by Gasteiger charge is -2.17. The number of hydrogen-bond donors (Lipinski definition) is 0. The summed E-state index contributed by atoms with van der Waals surface area (Å²) in [5.74, 6) is -2.81. The Bertz CT molecular complexity index is 1380. The van der Waals surface area contributed by atoms with Crippen molar-refractivity contribution in [3.63, 3.8) is 0 Å². The molecule has 1 aromatic carbocycles. The van der Waals surface area contributed by atoms with Gasteiger partial charge in [0, 0.05) is 0 Å². The molecule has 12 nitrogen and oxygen atoms in total. The average molecular weight is 733 g/mol. The fraction of sp³-hybridized carbons (Fsp3) is 0.611. The van der Waals surface area contributed by atoms with Crippen LogP contribution in [0.3, 0.4) is 0 Å². The van der Waals surface area contributed by atoms with Gasteiger partial charge in [-0.3, -0.25) is 19.2 Å². The molecular formula is C36H48N2O10S2. The van der Waals surface area contributed by atoms with E-state index in [9.17, 15) is 29.7 Å². The van der Waals surface area contributed by atoms with Crippen molar-refractivity contribution in [3.05, 3.63) is 21.4 Å². The quantitative estimate of drug-likeness (QED) is 0.0363. The molecule has 50 heavy (non-hydrogen) atoms. The van der Waals surface area contributed by atoms with Crippen molar-refractivity contribution in [3.8, 4) is 23.6 Å². The predicted molar refractivity (Wildman–Crippen MR) is 187 cm³/mol. The smallest absolute Gasteiger partial charge is 0.320 e. The van der Waals surface area contributed by atoms with Gasteiger partial charge in [0.2, 0.25) is 0 Å². The molecule has 1 aliphatic heterocycles. The third kappa shape index (κ3) is 13.1. The standard InChI is InChI=1S/C36H48N2O10S2/c1-6-43-32(39)26(33(40)44-7-2)17-13-10-11-15-19-47-28-21-24(5)29(31-30(28)49-36(50-31)25(22-37)23-38)48-20-16-12-14-18-27(34(41)45-8-3)35(42)46-9-4/h21,26-27H,6-20H2,1-5H3. The van der Waals surface area contributed by atoms with Gasteiger partial charge < -0.3 is 28.4 Å². The van der Waals surface area contributed by atoms with E-state index in [0.29, 0.717) is 67.5 Å². The number of carbonyl (C=O) groups excluding carboxylic acids is 4. The molecule has 0 amide bonds. The summed E-state index contributed by atoms with van der Waals surface area (Å²) >= 11 is 2.63. The number of nitrogens with zero attached hydrogens (tertiary/aromatic N) is 2. The van der Waals surface area contributed by atoms with E-state index in [2.05, 4.69) is 0 Å². The number of ether oxygens (including phenoxy) is 6. The van der Waals surface area contributed by atoms with Gasteiger partial charge in [-0.15, -0.1) is 0 Å². The zero-order chi connectivity index (χ0) is 36.9. The van der Waals surface area contributed by atoms with Crippen molar-refractivity contribution in [2.24, 2.45) is 11.8 Å². The molecule has 0 atom stereocenters. The molecule has 0 spiro atoms. The number of benzene rings is 1. The van der Waals surface area contributed by atoms with E-state index in [-0.39, 0.29) is 32.0 Å². The van der Waals surface area contributed by atoms with Crippen molar-refractivity contribution >= 4 is 47.4 Å². The van der Waals surface area contributed by atoms with E-state index >= 15 is 0 Å². The Morgan fingerprint density at radius 1 is 0.640 bits per heavy atom. The molecule has 0 saturated carbocycles. The molecule has 0 bridgehead atoms. The summed E-state index contributed by atoms with van der Waals surface area (Å²) in [5.41, 5.74) is 0.865. The van der Waals surface area contributed by atoms with Crippen LogP contribution in [0.2, 0.25) is 0 Å². The number of aryl methyl sites for hydroxylation is 1. The molecule has 2 rings (SSSR count). The van der Waals surface area contributed by atoms with E-state index in [1.54, 1.807) is 27.7 Å². The Hall–Kier alpha value is -3.88. The Morgan fingerprint density at radius 3 is 1.52 bits per heavy atom. The average Bonchev–Trinajstić information content (AvgIpc) is 3.52. The third-order valence-electron chi connectivity index (χ3n) is 7.47. The highest BCUT2D eigenvalue weighted by Gasteiger charge is 2.31. The first-order valence-electron chi connectivity index (χ1n) is 17.2. The summed E-state index contributed by atoms with van der Waals surface area (Å²) in [7, 11) is 0. The first-order chi connectivity index (χ1) is 24.2. The number of rotatable bonds is 23. The monoisotopic (exact) mass is 732 g/mol. The fourth-order valence-electron chi connectivity index (χ4n) is 5.05. The van der Waals surface area contributed by atoms with E-state index in [1.165, 1.54) is 23.5 Å². The van der Waals surface area contributed by atoms with Crippen molar-refractivity contribution in [1.82, 2.24) is 0 Å². The maximum Gasteiger partial charge on any atom is 0.320 e. The molecule has 0 aromatic heterocycles. The highest BCUT2D eigenvalue weighted by Crippen LogP contribution is 2.59. The number of allylic oxidation sites excluding steroid dienone is 1. The minimum atomic E-state index is -0.943. The van der Waals surface area contributed by atoms with Gasteiger partial charge >= 0.3 is 23.9 Å². The lowest BCUT2D eigenvalue weighted by Crippen LogP contribution is -2.28. The summed E-state index contributed by atoms with van der Waals surface area (Å²) in [6.07, 6.45) is 5.69. The maximum atomic E-state index is 12.2. The van der Waals surface area contributed by atoms with Crippen LogP contribution >= 0.6 is 23.5 Å². The normalized spacial score (nSPS) is 11.7. The van der Waals surface area contributed by atoms with Crippen molar-refractivity contribution < 1.29 is 47.6 Å². The van der Waals surface area contributed by atoms with Crippen LogP contribution in [-0.2, 0) is 38.1 Å². The molecule has 274 valence electrons. The molecule has 0 unspecified atom stereocenters. The van der Waals surface area contributed by atoms with Gasteiger partial charge in [0.1, 0.15) is 29.2 Å². The van der Waals surface area contributed by atoms with Gasteiger partial charge in [-0.05, 0) is 71.9 Å². The predicted octanol–water partition coefficient (Wildman–Crippen LogP) is 7.20. The second kappa shape index (κ2) is 23.5.